The van der Waals surface area contributed by atoms with E-state index in [4.69, 9.17) is 4.74 Å². The molecule has 0 bridgehead atoms. The minimum atomic E-state index is -0.189. The fraction of sp³-hybridized carbons (Fsp3) is 0.417. The number of thioether (sulfide) groups is 1. The van der Waals surface area contributed by atoms with E-state index in [-0.39, 0.29) is 18.2 Å². The van der Waals surface area contributed by atoms with Crippen molar-refractivity contribution < 1.29 is 9.13 Å². The molecule has 0 radical (unpaired) electrons. The third-order valence-corrected chi connectivity index (χ3v) is 6.95. The van der Waals surface area contributed by atoms with Crippen molar-refractivity contribution in [1.29, 1.82) is 0 Å². The first-order chi connectivity index (χ1) is 15.1. The van der Waals surface area contributed by atoms with E-state index in [1.165, 1.54) is 6.07 Å². The smallest absolute Gasteiger partial charge is 0.191 e. The molecule has 0 spiro atoms. The normalized spacial score (nSPS) is 17.3. The second-order valence-corrected chi connectivity index (χ2v) is 9.25. The van der Waals surface area contributed by atoms with Crippen LogP contribution in [-0.4, -0.2) is 52.7 Å². The second-order valence-electron chi connectivity index (χ2n) is 8.18. The topological polar surface area (TPSA) is 43.2 Å². The fourth-order valence-electron chi connectivity index (χ4n) is 4.09. The number of methoxy groups -OCH3 is 1. The summed E-state index contributed by atoms with van der Waals surface area (Å²) < 4.78 is 21.1. The van der Waals surface area contributed by atoms with Crippen LogP contribution in [0.2, 0.25) is 0 Å². The Labute approximate surface area is 199 Å². The Balaban J connectivity index is 0.00000289. The van der Waals surface area contributed by atoms with Gasteiger partial charge in [0.2, 0.25) is 0 Å². The number of rotatable bonds is 10. The van der Waals surface area contributed by atoms with Gasteiger partial charge in [0.25, 0.3) is 0 Å². The predicted molar refractivity (Wildman–Crippen MR) is 130 cm³/mol. The second kappa shape index (κ2) is 11.2. The zero-order chi connectivity index (χ0) is 21.8. The first kappa shape index (κ1) is 24.6. The quantitative estimate of drug-likeness (QED) is 0.294. The van der Waals surface area contributed by atoms with Crippen LogP contribution >= 0.6 is 24.2 Å². The van der Waals surface area contributed by atoms with Crippen molar-refractivity contribution in [3.8, 4) is 17.1 Å². The molecule has 4 rings (SSSR count). The van der Waals surface area contributed by atoms with E-state index < -0.39 is 0 Å². The molecule has 0 aliphatic heterocycles. The molecule has 0 N–H and O–H groups in total. The van der Waals surface area contributed by atoms with Gasteiger partial charge in [0.15, 0.2) is 11.0 Å². The SMILES string of the molecule is COc1ccc(F)cc1C1CC1CN(C)CCCSc1nnc(-c2ccccc2)n1C.Cl. The minimum Gasteiger partial charge on any atom is -0.496 e. The molecule has 2 aromatic carbocycles. The summed E-state index contributed by atoms with van der Waals surface area (Å²) in [6, 6.07) is 15.0. The molecule has 2 atom stereocenters. The third kappa shape index (κ3) is 5.82. The van der Waals surface area contributed by atoms with Crippen molar-refractivity contribution in [3.05, 3.63) is 59.9 Å². The number of hydrogen-bond acceptors (Lipinski definition) is 5. The van der Waals surface area contributed by atoms with Crippen LogP contribution in [0.1, 0.15) is 24.3 Å². The van der Waals surface area contributed by atoms with Crippen LogP contribution in [0.3, 0.4) is 0 Å². The number of halogens is 2. The third-order valence-electron chi connectivity index (χ3n) is 5.84. The van der Waals surface area contributed by atoms with Crippen molar-refractivity contribution in [1.82, 2.24) is 19.7 Å². The van der Waals surface area contributed by atoms with Crippen LogP contribution < -0.4 is 4.74 Å². The van der Waals surface area contributed by atoms with Crippen LogP contribution in [0.5, 0.6) is 5.75 Å². The molecular weight excluding hydrogens is 447 g/mol. The standard InChI is InChI=1S/C24H29FN4OS.ClH/c1-28(16-18-14-20(18)21-15-19(25)10-11-22(21)30-3)12-7-13-31-24-27-26-23(29(24)2)17-8-5-4-6-9-17;/h4-6,8-11,15,18,20H,7,12-14,16H2,1-3H3;1H. The number of ether oxygens (including phenoxy) is 1. The Hall–Kier alpha value is -2.09. The van der Waals surface area contributed by atoms with Gasteiger partial charge in [-0.25, -0.2) is 4.39 Å². The Morgan fingerprint density at radius 2 is 1.97 bits per heavy atom. The Morgan fingerprint density at radius 3 is 2.72 bits per heavy atom. The molecular formula is C24H30ClFN4OS. The van der Waals surface area contributed by atoms with Crippen LogP contribution in [0, 0.1) is 11.7 Å². The monoisotopic (exact) mass is 476 g/mol. The predicted octanol–water partition coefficient (Wildman–Crippen LogP) is 5.27. The maximum absolute atomic E-state index is 13.7. The highest BCUT2D eigenvalue weighted by Gasteiger charge is 2.40. The average Bonchev–Trinajstić information content (AvgIpc) is 3.44. The highest BCUT2D eigenvalue weighted by atomic mass is 35.5. The van der Waals surface area contributed by atoms with E-state index in [0.717, 1.165) is 59.5 Å². The number of aromatic nitrogens is 3. The van der Waals surface area contributed by atoms with Crippen molar-refractivity contribution in [2.75, 3.05) is 33.0 Å². The first-order valence-corrected chi connectivity index (χ1v) is 11.6. The maximum Gasteiger partial charge on any atom is 0.191 e. The Kier molecular flexibility index (Phi) is 8.57. The molecule has 5 nitrogen and oxygen atoms in total. The van der Waals surface area contributed by atoms with Gasteiger partial charge >= 0.3 is 0 Å². The van der Waals surface area contributed by atoms with Crippen molar-refractivity contribution in [2.24, 2.45) is 13.0 Å². The molecule has 1 fully saturated rings. The zero-order valence-electron chi connectivity index (χ0n) is 18.7. The summed E-state index contributed by atoms with van der Waals surface area (Å²) in [5.41, 5.74) is 2.09. The summed E-state index contributed by atoms with van der Waals surface area (Å²) >= 11 is 1.75. The van der Waals surface area contributed by atoms with Crippen LogP contribution in [0.4, 0.5) is 4.39 Å². The van der Waals surface area contributed by atoms with Gasteiger partial charge in [-0.1, -0.05) is 42.1 Å². The van der Waals surface area contributed by atoms with Gasteiger partial charge in [0, 0.05) is 30.5 Å². The first-order valence-electron chi connectivity index (χ1n) is 10.7. The zero-order valence-corrected chi connectivity index (χ0v) is 20.3. The Morgan fingerprint density at radius 1 is 1.19 bits per heavy atom. The molecule has 2 unspecified atom stereocenters. The molecule has 1 aliphatic rings. The molecule has 1 saturated carbocycles. The lowest BCUT2D eigenvalue weighted by Gasteiger charge is -2.16. The van der Waals surface area contributed by atoms with Gasteiger partial charge in [0.05, 0.1) is 7.11 Å². The van der Waals surface area contributed by atoms with E-state index in [1.807, 2.05) is 25.2 Å². The van der Waals surface area contributed by atoms with E-state index in [1.54, 1.807) is 31.0 Å². The lowest BCUT2D eigenvalue weighted by atomic mass is 10.1. The van der Waals surface area contributed by atoms with Crippen LogP contribution in [0.25, 0.3) is 11.4 Å². The minimum absolute atomic E-state index is 0. The molecule has 1 aliphatic carbocycles. The van der Waals surface area contributed by atoms with Crippen LogP contribution in [0.15, 0.2) is 53.7 Å². The summed E-state index contributed by atoms with van der Waals surface area (Å²) in [5.74, 6) is 3.47. The average molecular weight is 477 g/mol. The number of nitrogens with zero attached hydrogens (tertiary/aromatic N) is 4. The van der Waals surface area contributed by atoms with Gasteiger partial charge in [0.1, 0.15) is 11.6 Å². The number of hydrogen-bond donors (Lipinski definition) is 0. The lowest BCUT2D eigenvalue weighted by Crippen LogP contribution is -2.23. The summed E-state index contributed by atoms with van der Waals surface area (Å²) in [5, 5.41) is 9.65. The van der Waals surface area contributed by atoms with Crippen molar-refractivity contribution in [3.63, 3.8) is 0 Å². The van der Waals surface area contributed by atoms with Crippen LogP contribution in [-0.2, 0) is 7.05 Å². The lowest BCUT2D eigenvalue weighted by molar-refractivity contribution is 0.319. The fourth-order valence-corrected chi connectivity index (χ4v) is 4.93. The maximum atomic E-state index is 13.7. The van der Waals surface area contributed by atoms with Gasteiger partial charge in [-0.05, 0) is 56.5 Å². The van der Waals surface area contributed by atoms with E-state index in [9.17, 15) is 4.39 Å². The summed E-state index contributed by atoms with van der Waals surface area (Å²) in [6.07, 6.45) is 2.18. The Bertz CT molecular complexity index is 1020. The van der Waals surface area contributed by atoms with Gasteiger partial charge in [-0.3, -0.25) is 0 Å². The molecule has 1 heterocycles. The largest absolute Gasteiger partial charge is 0.496 e. The molecule has 32 heavy (non-hydrogen) atoms. The van der Waals surface area contributed by atoms with Crippen molar-refractivity contribution in [2.45, 2.75) is 23.9 Å². The number of benzene rings is 2. The molecule has 0 saturated heterocycles. The summed E-state index contributed by atoms with van der Waals surface area (Å²) in [4.78, 5) is 2.38. The van der Waals surface area contributed by atoms with E-state index >= 15 is 0 Å². The van der Waals surface area contributed by atoms with Gasteiger partial charge in [-0.15, -0.1) is 22.6 Å². The summed E-state index contributed by atoms with van der Waals surface area (Å²) in [7, 11) is 5.83. The van der Waals surface area contributed by atoms with E-state index in [2.05, 4.69) is 38.8 Å². The highest BCUT2D eigenvalue weighted by molar-refractivity contribution is 7.99. The van der Waals surface area contributed by atoms with Gasteiger partial charge < -0.3 is 14.2 Å². The molecule has 1 aromatic heterocycles. The molecule has 172 valence electrons. The summed E-state index contributed by atoms with van der Waals surface area (Å²) in [6.45, 7) is 2.05. The highest BCUT2D eigenvalue weighted by Crippen LogP contribution is 2.50. The molecule has 0 amide bonds. The molecule has 8 heteroatoms. The van der Waals surface area contributed by atoms with Crippen molar-refractivity contribution >= 4 is 24.2 Å². The van der Waals surface area contributed by atoms with Gasteiger partial charge in [-0.2, -0.15) is 0 Å². The van der Waals surface area contributed by atoms with E-state index in [0.29, 0.717) is 11.8 Å². The molecule has 3 aromatic rings.